The van der Waals surface area contributed by atoms with Crippen molar-refractivity contribution in [1.82, 2.24) is 15.1 Å². The molecule has 6 nitrogen and oxygen atoms in total. The number of carbonyl (C=O) groups excluding carboxylic acids is 3. The molecule has 0 atom stereocenters. The molecular formula is C23H24FN3O3. The van der Waals surface area contributed by atoms with Gasteiger partial charge in [-0.3, -0.25) is 14.5 Å². The van der Waals surface area contributed by atoms with Crippen molar-refractivity contribution >= 4 is 17.8 Å². The first-order valence-corrected chi connectivity index (χ1v) is 10.0. The van der Waals surface area contributed by atoms with Gasteiger partial charge in [-0.1, -0.05) is 35.9 Å². The van der Waals surface area contributed by atoms with Gasteiger partial charge < -0.3 is 10.2 Å². The van der Waals surface area contributed by atoms with E-state index in [2.05, 4.69) is 5.32 Å². The molecule has 2 aliphatic heterocycles. The fourth-order valence-electron chi connectivity index (χ4n) is 4.20. The van der Waals surface area contributed by atoms with Gasteiger partial charge in [-0.15, -0.1) is 0 Å². The standard InChI is InChI=1S/C23H24FN3O3/c1-15-7-8-16(2)17(13-15)14-27-21(29)23(25-22(27)30)9-11-26(12-10-23)20(28)18-5-3-4-6-19(18)24/h3-8,13H,9-12,14H2,1-2H3,(H,25,30). The fourth-order valence-corrected chi connectivity index (χ4v) is 4.20. The molecule has 2 aromatic rings. The summed E-state index contributed by atoms with van der Waals surface area (Å²) in [6.45, 7) is 4.69. The molecule has 0 unspecified atom stereocenters. The molecule has 2 saturated heterocycles. The lowest BCUT2D eigenvalue weighted by molar-refractivity contribution is -0.133. The summed E-state index contributed by atoms with van der Waals surface area (Å²) in [4.78, 5) is 41.2. The van der Waals surface area contributed by atoms with Crippen molar-refractivity contribution in [2.75, 3.05) is 13.1 Å². The first-order valence-electron chi connectivity index (χ1n) is 10.0. The summed E-state index contributed by atoms with van der Waals surface area (Å²) in [6, 6.07) is 11.4. The third-order valence-electron chi connectivity index (χ3n) is 6.09. The predicted octanol–water partition coefficient (Wildman–Crippen LogP) is 3.17. The molecule has 0 aromatic heterocycles. The Kier molecular flexibility index (Phi) is 5.05. The van der Waals surface area contributed by atoms with Gasteiger partial charge in [0.05, 0.1) is 12.1 Å². The van der Waals surface area contributed by atoms with Crippen molar-refractivity contribution in [2.45, 2.75) is 38.8 Å². The second-order valence-electron chi connectivity index (χ2n) is 8.11. The molecule has 30 heavy (non-hydrogen) atoms. The number of aryl methyl sites for hydroxylation is 2. The second kappa shape index (κ2) is 7.55. The van der Waals surface area contributed by atoms with Gasteiger partial charge in [0.15, 0.2) is 0 Å². The molecule has 156 valence electrons. The van der Waals surface area contributed by atoms with Crippen LogP contribution in [0.2, 0.25) is 0 Å². The highest BCUT2D eigenvalue weighted by molar-refractivity contribution is 6.07. The minimum atomic E-state index is -0.999. The van der Waals surface area contributed by atoms with Crippen LogP contribution in [-0.4, -0.2) is 46.3 Å². The number of urea groups is 1. The van der Waals surface area contributed by atoms with Crippen molar-refractivity contribution < 1.29 is 18.8 Å². The van der Waals surface area contributed by atoms with Gasteiger partial charge in [0, 0.05) is 13.1 Å². The van der Waals surface area contributed by atoms with Crippen molar-refractivity contribution in [3.63, 3.8) is 0 Å². The summed E-state index contributed by atoms with van der Waals surface area (Å²) in [5.74, 6) is -1.22. The van der Waals surface area contributed by atoms with Crippen LogP contribution < -0.4 is 5.32 Å². The summed E-state index contributed by atoms with van der Waals surface area (Å²) in [5.41, 5.74) is 2.04. The third-order valence-corrected chi connectivity index (χ3v) is 6.09. The van der Waals surface area contributed by atoms with E-state index in [1.54, 1.807) is 6.07 Å². The van der Waals surface area contributed by atoms with Crippen LogP contribution in [0, 0.1) is 19.7 Å². The number of likely N-dealkylation sites (tertiary alicyclic amines) is 1. The number of hydrogen-bond acceptors (Lipinski definition) is 3. The first-order chi connectivity index (χ1) is 14.3. The number of piperidine rings is 1. The number of nitrogens with zero attached hydrogens (tertiary/aromatic N) is 2. The van der Waals surface area contributed by atoms with E-state index < -0.39 is 23.3 Å². The van der Waals surface area contributed by atoms with Crippen molar-refractivity contribution in [1.29, 1.82) is 0 Å². The zero-order valence-electron chi connectivity index (χ0n) is 17.1. The number of amides is 4. The highest BCUT2D eigenvalue weighted by Crippen LogP contribution is 2.31. The van der Waals surface area contributed by atoms with Crippen LogP contribution in [0.4, 0.5) is 9.18 Å². The fraction of sp³-hybridized carbons (Fsp3) is 0.348. The number of benzene rings is 2. The second-order valence-corrected chi connectivity index (χ2v) is 8.11. The van der Waals surface area contributed by atoms with Gasteiger partial charge in [-0.25, -0.2) is 9.18 Å². The van der Waals surface area contributed by atoms with Crippen LogP contribution in [-0.2, 0) is 11.3 Å². The summed E-state index contributed by atoms with van der Waals surface area (Å²) in [6.07, 6.45) is 0.613. The molecule has 4 amide bonds. The van der Waals surface area contributed by atoms with Crippen LogP contribution in [0.25, 0.3) is 0 Å². The Morgan fingerprint density at radius 3 is 2.50 bits per heavy atom. The maximum Gasteiger partial charge on any atom is 0.325 e. The molecule has 0 saturated carbocycles. The summed E-state index contributed by atoms with van der Waals surface area (Å²) in [7, 11) is 0. The first kappa shape index (κ1) is 20.1. The average molecular weight is 409 g/mol. The molecule has 0 radical (unpaired) electrons. The lowest BCUT2D eigenvalue weighted by atomic mass is 9.87. The van der Waals surface area contributed by atoms with E-state index in [4.69, 9.17) is 0 Å². The van der Waals surface area contributed by atoms with Crippen LogP contribution >= 0.6 is 0 Å². The van der Waals surface area contributed by atoms with Crippen LogP contribution in [0.3, 0.4) is 0 Å². The lowest BCUT2D eigenvalue weighted by Gasteiger charge is -2.37. The van der Waals surface area contributed by atoms with Crippen LogP contribution in [0.1, 0.15) is 39.9 Å². The van der Waals surface area contributed by atoms with Crippen LogP contribution in [0.15, 0.2) is 42.5 Å². The molecule has 2 aliphatic rings. The molecular weight excluding hydrogens is 385 g/mol. The molecule has 2 aromatic carbocycles. The van der Waals surface area contributed by atoms with Gasteiger partial charge in [-0.05, 0) is 49.9 Å². The molecule has 2 heterocycles. The Labute approximate surface area is 174 Å². The van der Waals surface area contributed by atoms with E-state index in [1.807, 2.05) is 32.0 Å². The third kappa shape index (κ3) is 3.44. The topological polar surface area (TPSA) is 69.7 Å². The van der Waals surface area contributed by atoms with Crippen LogP contribution in [0.5, 0.6) is 0 Å². The summed E-state index contributed by atoms with van der Waals surface area (Å²) >= 11 is 0. The average Bonchev–Trinajstić information content (AvgIpc) is 2.95. The Balaban J connectivity index is 1.47. The number of nitrogens with one attached hydrogen (secondary N) is 1. The number of halogens is 1. The number of hydrogen-bond donors (Lipinski definition) is 1. The monoisotopic (exact) mass is 409 g/mol. The zero-order chi connectivity index (χ0) is 21.5. The Bertz CT molecular complexity index is 1030. The minimum absolute atomic E-state index is 0.0202. The lowest BCUT2D eigenvalue weighted by Crippen LogP contribution is -2.55. The normalized spacial score (nSPS) is 18.1. The molecule has 2 fully saturated rings. The number of carbonyl (C=O) groups is 3. The van der Waals surface area contributed by atoms with E-state index in [9.17, 15) is 18.8 Å². The quantitative estimate of drug-likeness (QED) is 0.792. The van der Waals surface area contributed by atoms with Crippen molar-refractivity contribution in [2.24, 2.45) is 0 Å². The van der Waals surface area contributed by atoms with Crippen molar-refractivity contribution in [3.8, 4) is 0 Å². The van der Waals surface area contributed by atoms with E-state index in [0.29, 0.717) is 12.8 Å². The SMILES string of the molecule is Cc1ccc(C)c(CN2C(=O)NC3(CCN(C(=O)c4ccccc4F)CC3)C2=O)c1. The van der Waals surface area contributed by atoms with Gasteiger partial charge in [-0.2, -0.15) is 0 Å². The summed E-state index contributed by atoms with van der Waals surface area (Å²) < 4.78 is 14.0. The Morgan fingerprint density at radius 2 is 1.80 bits per heavy atom. The zero-order valence-corrected chi connectivity index (χ0v) is 17.1. The van der Waals surface area contributed by atoms with Crippen molar-refractivity contribution in [3.05, 3.63) is 70.5 Å². The number of imide groups is 1. The maximum absolute atomic E-state index is 14.0. The molecule has 4 rings (SSSR count). The minimum Gasteiger partial charge on any atom is -0.338 e. The largest absolute Gasteiger partial charge is 0.338 e. The van der Waals surface area contributed by atoms with Gasteiger partial charge >= 0.3 is 6.03 Å². The highest BCUT2D eigenvalue weighted by Gasteiger charge is 2.52. The molecule has 1 spiro atoms. The smallest absolute Gasteiger partial charge is 0.325 e. The number of rotatable bonds is 3. The molecule has 1 N–H and O–H groups in total. The van der Waals surface area contributed by atoms with Gasteiger partial charge in [0.25, 0.3) is 11.8 Å². The van der Waals surface area contributed by atoms with Gasteiger partial charge in [0.2, 0.25) is 0 Å². The molecule has 0 aliphatic carbocycles. The Morgan fingerprint density at radius 1 is 1.10 bits per heavy atom. The highest BCUT2D eigenvalue weighted by atomic mass is 19.1. The van der Waals surface area contributed by atoms with Gasteiger partial charge in [0.1, 0.15) is 11.4 Å². The summed E-state index contributed by atoms with van der Waals surface area (Å²) in [5, 5.41) is 2.86. The van der Waals surface area contributed by atoms with E-state index in [1.165, 1.54) is 28.0 Å². The van der Waals surface area contributed by atoms with E-state index in [-0.39, 0.29) is 31.1 Å². The maximum atomic E-state index is 14.0. The predicted molar refractivity (Wildman–Crippen MR) is 109 cm³/mol. The van der Waals surface area contributed by atoms with E-state index in [0.717, 1.165) is 16.7 Å². The molecule has 7 heteroatoms. The van der Waals surface area contributed by atoms with E-state index >= 15 is 0 Å². The molecule has 0 bridgehead atoms. The Hall–Kier alpha value is -3.22.